The van der Waals surface area contributed by atoms with Crippen molar-refractivity contribution in [2.75, 3.05) is 14.2 Å². The highest BCUT2D eigenvalue weighted by atomic mass is 16.7. The van der Waals surface area contributed by atoms with Gasteiger partial charge in [-0.2, -0.15) is 0 Å². The Morgan fingerprint density at radius 3 is 2.17 bits per heavy atom. The number of rotatable bonds is 10. The molecule has 3 rings (SSSR count). The van der Waals surface area contributed by atoms with Crippen molar-refractivity contribution >= 4 is 0 Å². The van der Waals surface area contributed by atoms with Gasteiger partial charge in [0.05, 0.1) is 14.2 Å². The summed E-state index contributed by atoms with van der Waals surface area (Å²) in [5, 5.41) is 0. The lowest BCUT2D eigenvalue weighted by atomic mass is 9.83. The first-order valence-electron chi connectivity index (χ1n) is 10.4. The molecular formula is C24H33NO4. The maximum absolute atomic E-state index is 6.38. The molecule has 2 atom stereocenters. The third-order valence-corrected chi connectivity index (χ3v) is 5.59. The van der Waals surface area contributed by atoms with E-state index in [0.717, 1.165) is 42.3 Å². The van der Waals surface area contributed by atoms with Gasteiger partial charge in [-0.15, -0.1) is 0 Å². The molecule has 2 unspecified atom stereocenters. The van der Waals surface area contributed by atoms with E-state index in [1.54, 1.807) is 14.2 Å². The molecular weight excluding hydrogens is 366 g/mol. The normalized spacial score (nSPS) is 15.4. The third-order valence-electron chi connectivity index (χ3n) is 5.59. The molecule has 0 saturated carbocycles. The fourth-order valence-corrected chi connectivity index (χ4v) is 3.98. The Bertz CT molecular complexity index is 767. The number of methoxy groups -OCH3 is 2. The summed E-state index contributed by atoms with van der Waals surface area (Å²) in [5.74, 6) is 4.13. The van der Waals surface area contributed by atoms with E-state index < -0.39 is 0 Å². The molecule has 0 saturated heterocycles. The van der Waals surface area contributed by atoms with Crippen molar-refractivity contribution in [1.82, 2.24) is 0 Å². The minimum atomic E-state index is -0.283. The van der Waals surface area contributed by atoms with E-state index in [1.807, 2.05) is 30.3 Å². The van der Waals surface area contributed by atoms with E-state index in [1.165, 1.54) is 5.56 Å². The lowest BCUT2D eigenvalue weighted by molar-refractivity contribution is 0.0350. The molecule has 0 aromatic heterocycles. The van der Waals surface area contributed by atoms with Crippen LogP contribution >= 0.6 is 0 Å². The van der Waals surface area contributed by atoms with Gasteiger partial charge in [-0.25, -0.2) is 0 Å². The van der Waals surface area contributed by atoms with Crippen LogP contribution in [-0.2, 0) is 0 Å². The fourth-order valence-electron chi connectivity index (χ4n) is 3.98. The van der Waals surface area contributed by atoms with Crippen LogP contribution in [0.15, 0.2) is 42.5 Å². The minimum absolute atomic E-state index is 0.0486. The molecule has 1 heterocycles. The van der Waals surface area contributed by atoms with Crippen molar-refractivity contribution in [3.63, 3.8) is 0 Å². The number of benzene rings is 2. The number of ether oxygens (including phenoxy) is 4. The first kappa shape index (κ1) is 21.3. The molecule has 0 radical (unpaired) electrons. The highest BCUT2D eigenvalue weighted by Gasteiger charge is 2.26. The van der Waals surface area contributed by atoms with Crippen LogP contribution in [0.4, 0.5) is 0 Å². The van der Waals surface area contributed by atoms with Crippen LogP contribution in [0.5, 0.6) is 23.0 Å². The zero-order valence-electron chi connectivity index (χ0n) is 17.9. The van der Waals surface area contributed by atoms with Crippen molar-refractivity contribution in [2.24, 2.45) is 11.7 Å². The van der Waals surface area contributed by atoms with Crippen LogP contribution in [0, 0.1) is 5.92 Å². The molecule has 1 aliphatic rings. The zero-order chi connectivity index (χ0) is 20.8. The summed E-state index contributed by atoms with van der Waals surface area (Å²) < 4.78 is 22.5. The SMILES string of the molecule is COc1ccc(C(CCCC(N)CC2Oc3ccccc3O2)C(C)C)cc1OC. The summed E-state index contributed by atoms with van der Waals surface area (Å²) in [4.78, 5) is 0. The largest absolute Gasteiger partial charge is 0.493 e. The standard InChI is InChI=1S/C24H33NO4/c1-16(2)19(17-12-13-20(26-3)23(14-17)27-4)9-7-8-18(25)15-24-28-21-10-5-6-11-22(21)29-24/h5-6,10-14,16,18-19,24H,7-9,15,25H2,1-4H3. The minimum Gasteiger partial charge on any atom is -0.493 e. The molecule has 29 heavy (non-hydrogen) atoms. The Balaban J connectivity index is 1.51. The second-order valence-electron chi connectivity index (χ2n) is 8.00. The van der Waals surface area contributed by atoms with Gasteiger partial charge in [-0.3, -0.25) is 0 Å². The zero-order valence-corrected chi connectivity index (χ0v) is 17.9. The molecule has 0 bridgehead atoms. The predicted molar refractivity (Wildman–Crippen MR) is 115 cm³/mol. The van der Waals surface area contributed by atoms with Crippen molar-refractivity contribution in [3.8, 4) is 23.0 Å². The van der Waals surface area contributed by atoms with Crippen LogP contribution in [0.25, 0.3) is 0 Å². The summed E-state index contributed by atoms with van der Waals surface area (Å²) in [6.07, 6.45) is 3.48. The average Bonchev–Trinajstić information content (AvgIpc) is 3.12. The topological polar surface area (TPSA) is 62.9 Å². The molecule has 5 heteroatoms. The monoisotopic (exact) mass is 399 g/mol. The number of fused-ring (bicyclic) bond motifs is 1. The summed E-state index contributed by atoms with van der Waals surface area (Å²) in [5.41, 5.74) is 7.66. The smallest absolute Gasteiger partial charge is 0.243 e. The van der Waals surface area contributed by atoms with Crippen LogP contribution in [-0.4, -0.2) is 26.6 Å². The Hall–Kier alpha value is -2.40. The Morgan fingerprint density at radius 2 is 1.59 bits per heavy atom. The van der Waals surface area contributed by atoms with Crippen molar-refractivity contribution in [1.29, 1.82) is 0 Å². The number of hydrogen-bond donors (Lipinski definition) is 1. The van der Waals surface area contributed by atoms with Crippen molar-refractivity contribution < 1.29 is 18.9 Å². The average molecular weight is 400 g/mol. The highest BCUT2D eigenvalue weighted by Crippen LogP contribution is 2.37. The van der Waals surface area contributed by atoms with Crippen molar-refractivity contribution in [3.05, 3.63) is 48.0 Å². The molecule has 2 aromatic carbocycles. The summed E-state index contributed by atoms with van der Waals surface area (Å²) in [7, 11) is 3.34. The third kappa shape index (κ3) is 5.36. The molecule has 1 aliphatic heterocycles. The van der Waals surface area contributed by atoms with E-state index in [2.05, 4.69) is 26.0 Å². The lowest BCUT2D eigenvalue weighted by Gasteiger charge is -2.23. The summed E-state index contributed by atoms with van der Waals surface area (Å²) in [6.45, 7) is 4.53. The maximum Gasteiger partial charge on any atom is 0.243 e. The number of hydrogen-bond acceptors (Lipinski definition) is 5. The fraction of sp³-hybridized carbons (Fsp3) is 0.500. The molecule has 0 spiro atoms. The Kier molecular flexibility index (Phi) is 7.26. The molecule has 158 valence electrons. The van der Waals surface area contributed by atoms with Gasteiger partial charge in [0.1, 0.15) is 0 Å². The quantitative estimate of drug-likeness (QED) is 0.600. The molecule has 0 amide bonds. The molecule has 2 aromatic rings. The first-order valence-corrected chi connectivity index (χ1v) is 10.4. The van der Waals surface area contributed by atoms with Crippen LogP contribution < -0.4 is 24.7 Å². The van der Waals surface area contributed by atoms with Gasteiger partial charge in [-0.05, 0) is 54.5 Å². The Labute approximate surface area is 174 Å². The highest BCUT2D eigenvalue weighted by molar-refractivity contribution is 5.44. The second-order valence-corrected chi connectivity index (χ2v) is 8.00. The van der Waals surface area contributed by atoms with Gasteiger partial charge in [0.15, 0.2) is 23.0 Å². The van der Waals surface area contributed by atoms with Gasteiger partial charge in [0.25, 0.3) is 0 Å². The molecule has 2 N–H and O–H groups in total. The van der Waals surface area contributed by atoms with Gasteiger partial charge in [-0.1, -0.05) is 38.5 Å². The van der Waals surface area contributed by atoms with Crippen LogP contribution in [0.1, 0.15) is 51.0 Å². The van der Waals surface area contributed by atoms with E-state index >= 15 is 0 Å². The molecule has 0 aliphatic carbocycles. The van der Waals surface area contributed by atoms with E-state index in [9.17, 15) is 0 Å². The summed E-state index contributed by atoms with van der Waals surface area (Å²) >= 11 is 0. The van der Waals surface area contributed by atoms with E-state index in [4.69, 9.17) is 24.7 Å². The number of nitrogens with two attached hydrogens (primary N) is 1. The van der Waals surface area contributed by atoms with Gasteiger partial charge in [0, 0.05) is 12.5 Å². The maximum atomic E-state index is 6.38. The number of para-hydroxylation sites is 2. The van der Waals surface area contributed by atoms with E-state index in [0.29, 0.717) is 18.3 Å². The molecule has 5 nitrogen and oxygen atoms in total. The van der Waals surface area contributed by atoms with Crippen molar-refractivity contribution in [2.45, 2.75) is 57.8 Å². The summed E-state index contributed by atoms with van der Waals surface area (Å²) in [6, 6.07) is 14.0. The van der Waals surface area contributed by atoms with Gasteiger partial charge < -0.3 is 24.7 Å². The van der Waals surface area contributed by atoms with Gasteiger partial charge in [0.2, 0.25) is 6.29 Å². The predicted octanol–water partition coefficient (Wildman–Crippen LogP) is 5.13. The first-order chi connectivity index (χ1) is 14.0. The second kappa shape index (κ2) is 9.88. The van der Waals surface area contributed by atoms with Crippen LogP contribution in [0.2, 0.25) is 0 Å². The van der Waals surface area contributed by atoms with Gasteiger partial charge >= 0.3 is 0 Å². The lowest BCUT2D eigenvalue weighted by Crippen LogP contribution is -2.30. The molecule has 0 fully saturated rings. The van der Waals surface area contributed by atoms with E-state index in [-0.39, 0.29) is 12.3 Å². The Morgan fingerprint density at radius 1 is 0.931 bits per heavy atom. The van der Waals surface area contributed by atoms with Crippen LogP contribution in [0.3, 0.4) is 0 Å².